The van der Waals surface area contributed by atoms with Gasteiger partial charge >= 0.3 is 0 Å². The van der Waals surface area contributed by atoms with Crippen LogP contribution in [0.2, 0.25) is 5.15 Å². The summed E-state index contributed by atoms with van der Waals surface area (Å²) in [5.41, 5.74) is 7.82. The number of halogens is 2. The number of rotatable bonds is 7. The third-order valence-corrected chi connectivity index (χ3v) is 3.69. The van der Waals surface area contributed by atoms with Gasteiger partial charge in [-0.1, -0.05) is 29.8 Å². The summed E-state index contributed by atoms with van der Waals surface area (Å²) in [6.07, 6.45) is 2.58. The first-order valence-electron chi connectivity index (χ1n) is 8.10. The van der Waals surface area contributed by atoms with Gasteiger partial charge in [0.25, 0.3) is 0 Å². The molecule has 26 heavy (non-hydrogen) atoms. The maximum absolute atomic E-state index is 11.2. The lowest BCUT2D eigenvalue weighted by molar-refractivity contribution is 0.1000. The third kappa shape index (κ3) is 7.57. The standard InChI is InChI=1S/C18H22ClN5O.HI/c1-2-21-18(22-9-8-13-6-7-16(19)23-11-13)24-12-14-4-3-5-15(10-14)17(20)25;/h3-7,10-11H,2,8-9,12H2,1H3,(H2,20,25)(H2,21,22,24);1H. The molecule has 1 aromatic heterocycles. The Morgan fingerprint density at radius 3 is 2.69 bits per heavy atom. The first-order valence-corrected chi connectivity index (χ1v) is 8.47. The normalized spacial score (nSPS) is 10.8. The quantitative estimate of drug-likeness (QED) is 0.242. The Labute approximate surface area is 175 Å². The molecule has 2 aromatic rings. The van der Waals surface area contributed by atoms with E-state index >= 15 is 0 Å². The van der Waals surface area contributed by atoms with Crippen LogP contribution in [0.4, 0.5) is 0 Å². The summed E-state index contributed by atoms with van der Waals surface area (Å²) in [5, 5.41) is 6.96. The van der Waals surface area contributed by atoms with Crippen LogP contribution in [0.1, 0.15) is 28.4 Å². The second-order valence-electron chi connectivity index (χ2n) is 5.43. The van der Waals surface area contributed by atoms with Crippen LogP contribution in [-0.4, -0.2) is 29.9 Å². The molecule has 1 heterocycles. The van der Waals surface area contributed by atoms with Gasteiger partial charge in [-0.3, -0.25) is 4.79 Å². The number of nitrogens with two attached hydrogens (primary N) is 1. The SMILES string of the molecule is CCNC(=NCc1cccc(C(N)=O)c1)NCCc1ccc(Cl)nc1.I. The highest BCUT2D eigenvalue weighted by Crippen LogP contribution is 2.07. The van der Waals surface area contributed by atoms with E-state index in [1.807, 2.05) is 19.1 Å². The third-order valence-electron chi connectivity index (χ3n) is 3.47. The minimum absolute atomic E-state index is 0. The predicted molar refractivity (Wildman–Crippen MR) is 116 cm³/mol. The zero-order chi connectivity index (χ0) is 18.1. The fourth-order valence-electron chi connectivity index (χ4n) is 2.21. The van der Waals surface area contributed by atoms with E-state index in [4.69, 9.17) is 17.3 Å². The van der Waals surface area contributed by atoms with E-state index < -0.39 is 5.91 Å². The molecule has 0 aliphatic carbocycles. The molecule has 1 amide bonds. The first kappa shape index (κ1) is 22.2. The summed E-state index contributed by atoms with van der Waals surface area (Å²) < 4.78 is 0. The largest absolute Gasteiger partial charge is 0.366 e. The van der Waals surface area contributed by atoms with Gasteiger partial charge in [0.05, 0.1) is 6.54 Å². The number of aromatic nitrogens is 1. The average Bonchev–Trinajstić information content (AvgIpc) is 2.61. The van der Waals surface area contributed by atoms with Crippen molar-refractivity contribution < 1.29 is 4.79 Å². The zero-order valence-corrected chi connectivity index (χ0v) is 17.6. The van der Waals surface area contributed by atoms with Crippen molar-refractivity contribution >= 4 is 47.4 Å². The van der Waals surface area contributed by atoms with E-state index in [0.717, 1.165) is 30.6 Å². The van der Waals surface area contributed by atoms with Gasteiger partial charge < -0.3 is 16.4 Å². The van der Waals surface area contributed by atoms with E-state index in [-0.39, 0.29) is 24.0 Å². The number of amides is 1. The average molecular weight is 488 g/mol. The Kier molecular flexibility index (Phi) is 9.97. The number of carbonyl (C=O) groups is 1. The zero-order valence-electron chi connectivity index (χ0n) is 14.5. The molecule has 4 N–H and O–H groups in total. The Morgan fingerprint density at radius 2 is 2.04 bits per heavy atom. The molecule has 0 bridgehead atoms. The lowest BCUT2D eigenvalue weighted by atomic mass is 10.1. The number of hydrogen-bond donors (Lipinski definition) is 3. The van der Waals surface area contributed by atoms with Crippen LogP contribution in [-0.2, 0) is 13.0 Å². The van der Waals surface area contributed by atoms with Crippen LogP contribution in [0.25, 0.3) is 0 Å². The lowest BCUT2D eigenvalue weighted by Gasteiger charge is -2.11. The number of nitrogens with one attached hydrogen (secondary N) is 2. The number of benzene rings is 1. The van der Waals surface area contributed by atoms with Crippen LogP contribution < -0.4 is 16.4 Å². The van der Waals surface area contributed by atoms with Crippen LogP contribution in [0.3, 0.4) is 0 Å². The minimum Gasteiger partial charge on any atom is -0.366 e. The molecular formula is C18H23ClIN5O. The second-order valence-corrected chi connectivity index (χ2v) is 5.81. The van der Waals surface area contributed by atoms with Crippen LogP contribution >= 0.6 is 35.6 Å². The van der Waals surface area contributed by atoms with Crippen molar-refractivity contribution in [3.8, 4) is 0 Å². The molecule has 0 spiro atoms. The Morgan fingerprint density at radius 1 is 1.23 bits per heavy atom. The van der Waals surface area contributed by atoms with E-state index in [1.165, 1.54) is 0 Å². The van der Waals surface area contributed by atoms with Crippen molar-refractivity contribution in [3.05, 3.63) is 64.4 Å². The van der Waals surface area contributed by atoms with Gasteiger partial charge in [0, 0.05) is 24.8 Å². The number of primary amides is 1. The molecule has 2 rings (SSSR count). The van der Waals surface area contributed by atoms with Crippen LogP contribution in [0, 0.1) is 0 Å². The van der Waals surface area contributed by atoms with Gasteiger partial charge in [-0.05, 0) is 42.7 Å². The summed E-state index contributed by atoms with van der Waals surface area (Å²) >= 11 is 5.78. The molecule has 0 saturated heterocycles. The molecule has 0 atom stereocenters. The van der Waals surface area contributed by atoms with Gasteiger partial charge in [-0.2, -0.15) is 0 Å². The summed E-state index contributed by atoms with van der Waals surface area (Å²) in [5.74, 6) is 0.279. The Bertz CT molecular complexity index is 737. The van der Waals surface area contributed by atoms with Crippen LogP contribution in [0.5, 0.6) is 0 Å². The molecule has 0 radical (unpaired) electrons. The van der Waals surface area contributed by atoms with E-state index in [2.05, 4.69) is 20.6 Å². The van der Waals surface area contributed by atoms with Crippen LogP contribution in [0.15, 0.2) is 47.6 Å². The molecule has 0 aliphatic rings. The van der Waals surface area contributed by atoms with Gasteiger partial charge in [0.15, 0.2) is 5.96 Å². The monoisotopic (exact) mass is 487 g/mol. The fourth-order valence-corrected chi connectivity index (χ4v) is 2.33. The first-order chi connectivity index (χ1) is 12.1. The fraction of sp³-hybridized carbons (Fsp3) is 0.278. The van der Waals surface area contributed by atoms with Gasteiger partial charge in [0.2, 0.25) is 5.91 Å². The number of carbonyl (C=O) groups excluding carboxylic acids is 1. The molecule has 0 fully saturated rings. The highest BCUT2D eigenvalue weighted by Gasteiger charge is 2.02. The van der Waals surface area contributed by atoms with Crippen molar-refractivity contribution in [2.45, 2.75) is 19.9 Å². The van der Waals surface area contributed by atoms with Gasteiger partial charge in [0.1, 0.15) is 5.15 Å². The second kappa shape index (κ2) is 11.7. The molecule has 0 aliphatic heterocycles. The molecule has 6 nitrogen and oxygen atoms in total. The molecule has 0 unspecified atom stereocenters. The summed E-state index contributed by atoms with van der Waals surface area (Å²) in [6, 6.07) is 10.9. The maximum Gasteiger partial charge on any atom is 0.248 e. The topological polar surface area (TPSA) is 92.4 Å². The van der Waals surface area contributed by atoms with E-state index in [0.29, 0.717) is 23.2 Å². The number of nitrogens with zero attached hydrogens (tertiary/aromatic N) is 2. The lowest BCUT2D eigenvalue weighted by Crippen LogP contribution is -2.38. The number of pyridine rings is 1. The van der Waals surface area contributed by atoms with Crippen molar-refractivity contribution in [2.75, 3.05) is 13.1 Å². The molecule has 8 heteroatoms. The molecular weight excluding hydrogens is 465 g/mol. The summed E-state index contributed by atoms with van der Waals surface area (Å²) in [7, 11) is 0. The summed E-state index contributed by atoms with van der Waals surface area (Å²) in [4.78, 5) is 19.8. The Balaban J connectivity index is 0.00000338. The molecule has 1 aromatic carbocycles. The molecule has 140 valence electrons. The van der Waals surface area contributed by atoms with Gasteiger partial charge in [-0.25, -0.2) is 9.98 Å². The number of guanidine groups is 1. The number of aliphatic imine (C=N–C) groups is 1. The smallest absolute Gasteiger partial charge is 0.248 e. The number of hydrogen-bond acceptors (Lipinski definition) is 3. The van der Waals surface area contributed by atoms with E-state index in [1.54, 1.807) is 30.5 Å². The maximum atomic E-state index is 11.2. The minimum atomic E-state index is -0.438. The van der Waals surface area contributed by atoms with Crippen molar-refractivity contribution in [1.29, 1.82) is 0 Å². The predicted octanol–water partition coefficient (Wildman–Crippen LogP) is 2.75. The van der Waals surface area contributed by atoms with Crippen molar-refractivity contribution in [1.82, 2.24) is 15.6 Å². The molecule has 0 saturated carbocycles. The summed E-state index contributed by atoms with van der Waals surface area (Å²) in [6.45, 7) is 3.94. The van der Waals surface area contributed by atoms with E-state index in [9.17, 15) is 4.79 Å². The van der Waals surface area contributed by atoms with Crippen molar-refractivity contribution in [3.63, 3.8) is 0 Å². The van der Waals surface area contributed by atoms with Gasteiger partial charge in [-0.15, -0.1) is 24.0 Å². The highest BCUT2D eigenvalue weighted by molar-refractivity contribution is 14.0. The highest BCUT2D eigenvalue weighted by atomic mass is 127. The Hall–Kier alpha value is -1.87. The van der Waals surface area contributed by atoms with Crippen molar-refractivity contribution in [2.24, 2.45) is 10.7 Å².